The molecular formula is C19H22N2O4S. The molecule has 2 N–H and O–H groups in total. The van der Waals surface area contributed by atoms with Crippen molar-refractivity contribution in [1.29, 1.82) is 0 Å². The third-order valence-corrected chi connectivity index (χ3v) is 4.97. The molecule has 0 aromatic heterocycles. The van der Waals surface area contributed by atoms with E-state index in [0.29, 0.717) is 0 Å². The fourth-order valence-corrected chi connectivity index (χ4v) is 3.03. The first-order valence-electron chi connectivity index (χ1n) is 8.15. The van der Waals surface area contributed by atoms with E-state index in [4.69, 9.17) is 0 Å². The smallest absolute Gasteiger partial charge is 0.239 e. The minimum absolute atomic E-state index is 0.114. The Balaban J connectivity index is 1.82. The van der Waals surface area contributed by atoms with E-state index in [1.165, 1.54) is 12.1 Å². The molecule has 7 heteroatoms. The Morgan fingerprint density at radius 2 is 1.58 bits per heavy atom. The van der Waals surface area contributed by atoms with Crippen LogP contribution >= 0.6 is 0 Å². The summed E-state index contributed by atoms with van der Waals surface area (Å²) in [6.45, 7) is 1.68. The second-order valence-corrected chi connectivity index (χ2v) is 8.09. The number of hydrogen-bond donors (Lipinski definition) is 2. The maximum atomic E-state index is 12.0. The highest BCUT2D eigenvalue weighted by atomic mass is 32.2. The molecule has 0 saturated carbocycles. The van der Waals surface area contributed by atoms with E-state index in [9.17, 15) is 18.0 Å². The second-order valence-electron chi connectivity index (χ2n) is 6.07. The van der Waals surface area contributed by atoms with Gasteiger partial charge in [-0.25, -0.2) is 8.42 Å². The monoisotopic (exact) mass is 374 g/mol. The maximum Gasteiger partial charge on any atom is 0.239 e. The number of carbonyl (C=O) groups is 2. The minimum atomic E-state index is -3.25. The van der Waals surface area contributed by atoms with Crippen LogP contribution in [0.15, 0.2) is 59.5 Å². The first-order valence-corrected chi connectivity index (χ1v) is 10.0. The molecule has 0 fully saturated rings. The standard InChI is InChI=1S/C19H22N2O4S/c1-14(16-8-10-17(11-9-16)26(2,24)25)21-19(23)13-20-18(22)12-15-6-4-3-5-7-15/h3-11,14H,12-13H2,1-2H3,(H,20,22)(H,21,23). The van der Waals surface area contributed by atoms with E-state index in [2.05, 4.69) is 10.6 Å². The average molecular weight is 374 g/mol. The summed E-state index contributed by atoms with van der Waals surface area (Å²) in [6.07, 6.45) is 1.36. The van der Waals surface area contributed by atoms with Crippen molar-refractivity contribution < 1.29 is 18.0 Å². The van der Waals surface area contributed by atoms with Gasteiger partial charge in [0, 0.05) is 6.26 Å². The lowest BCUT2D eigenvalue weighted by Crippen LogP contribution is -2.38. The molecule has 2 aromatic carbocycles. The van der Waals surface area contributed by atoms with E-state index < -0.39 is 9.84 Å². The topological polar surface area (TPSA) is 92.3 Å². The molecule has 1 unspecified atom stereocenters. The predicted molar refractivity (Wildman–Crippen MR) is 99.3 cm³/mol. The third-order valence-electron chi connectivity index (χ3n) is 3.84. The van der Waals surface area contributed by atoms with Crippen LogP contribution in [0.1, 0.15) is 24.1 Å². The van der Waals surface area contributed by atoms with Crippen LogP contribution in [0, 0.1) is 0 Å². The van der Waals surface area contributed by atoms with Crippen LogP contribution in [0.2, 0.25) is 0 Å². The molecule has 0 radical (unpaired) electrons. The average Bonchev–Trinajstić information content (AvgIpc) is 2.60. The Bertz CT molecular complexity index is 862. The van der Waals surface area contributed by atoms with Crippen molar-refractivity contribution in [2.45, 2.75) is 24.3 Å². The Hall–Kier alpha value is -2.67. The molecule has 2 aromatic rings. The molecule has 0 heterocycles. The van der Waals surface area contributed by atoms with Crippen molar-refractivity contribution in [2.24, 2.45) is 0 Å². The van der Waals surface area contributed by atoms with Gasteiger partial charge in [0.25, 0.3) is 0 Å². The molecule has 0 saturated heterocycles. The van der Waals surface area contributed by atoms with Crippen LogP contribution in [0.25, 0.3) is 0 Å². The van der Waals surface area contributed by atoms with Crippen molar-refractivity contribution in [3.63, 3.8) is 0 Å². The lowest BCUT2D eigenvalue weighted by atomic mass is 10.1. The highest BCUT2D eigenvalue weighted by Gasteiger charge is 2.12. The Morgan fingerprint density at radius 1 is 0.962 bits per heavy atom. The van der Waals surface area contributed by atoms with Gasteiger partial charge in [0.2, 0.25) is 11.8 Å². The summed E-state index contributed by atoms with van der Waals surface area (Å²) in [7, 11) is -3.25. The fraction of sp³-hybridized carbons (Fsp3) is 0.263. The van der Waals surface area contributed by atoms with Crippen LogP contribution in [0.5, 0.6) is 0 Å². The summed E-state index contributed by atoms with van der Waals surface area (Å²) in [4.78, 5) is 24.1. The molecule has 1 atom stereocenters. The lowest BCUT2D eigenvalue weighted by Gasteiger charge is -2.15. The lowest BCUT2D eigenvalue weighted by molar-refractivity contribution is -0.126. The molecule has 2 rings (SSSR count). The van der Waals surface area contributed by atoms with Gasteiger partial charge in [0.05, 0.1) is 23.9 Å². The Labute approximate surface area is 153 Å². The van der Waals surface area contributed by atoms with Gasteiger partial charge >= 0.3 is 0 Å². The normalized spacial score (nSPS) is 12.2. The van der Waals surface area contributed by atoms with E-state index in [-0.39, 0.29) is 35.7 Å². The van der Waals surface area contributed by atoms with Gasteiger partial charge in [0.1, 0.15) is 0 Å². The van der Waals surface area contributed by atoms with Crippen LogP contribution in [-0.2, 0) is 25.8 Å². The van der Waals surface area contributed by atoms with Crippen LogP contribution < -0.4 is 10.6 Å². The maximum absolute atomic E-state index is 12.0. The van der Waals surface area contributed by atoms with Crippen molar-refractivity contribution in [3.8, 4) is 0 Å². The Morgan fingerprint density at radius 3 is 2.15 bits per heavy atom. The van der Waals surface area contributed by atoms with Gasteiger partial charge in [-0.05, 0) is 30.2 Å². The zero-order valence-electron chi connectivity index (χ0n) is 14.7. The number of hydrogen-bond acceptors (Lipinski definition) is 4. The number of rotatable bonds is 7. The zero-order chi connectivity index (χ0) is 19.2. The van der Waals surface area contributed by atoms with E-state index in [0.717, 1.165) is 17.4 Å². The van der Waals surface area contributed by atoms with Crippen LogP contribution in [-0.4, -0.2) is 33.0 Å². The first kappa shape index (κ1) is 19.7. The van der Waals surface area contributed by atoms with Crippen molar-refractivity contribution in [3.05, 3.63) is 65.7 Å². The van der Waals surface area contributed by atoms with Gasteiger partial charge < -0.3 is 10.6 Å². The molecule has 0 spiro atoms. The van der Waals surface area contributed by atoms with Gasteiger partial charge in [0.15, 0.2) is 9.84 Å². The SMILES string of the molecule is CC(NC(=O)CNC(=O)Cc1ccccc1)c1ccc(S(C)(=O)=O)cc1. The van der Waals surface area contributed by atoms with Crippen molar-refractivity contribution >= 4 is 21.7 Å². The molecule has 0 aliphatic rings. The van der Waals surface area contributed by atoms with E-state index in [1.807, 2.05) is 30.3 Å². The molecule has 6 nitrogen and oxygen atoms in total. The molecular weight excluding hydrogens is 352 g/mol. The quantitative estimate of drug-likeness (QED) is 0.770. The van der Waals surface area contributed by atoms with Gasteiger partial charge in [-0.2, -0.15) is 0 Å². The molecule has 0 bridgehead atoms. The number of benzene rings is 2. The van der Waals surface area contributed by atoms with Gasteiger partial charge in [-0.1, -0.05) is 42.5 Å². The molecule has 0 aliphatic heterocycles. The van der Waals surface area contributed by atoms with Crippen molar-refractivity contribution in [1.82, 2.24) is 10.6 Å². The first-order chi connectivity index (χ1) is 12.3. The van der Waals surface area contributed by atoms with Crippen molar-refractivity contribution in [2.75, 3.05) is 12.8 Å². The largest absolute Gasteiger partial charge is 0.348 e. The summed E-state index contributed by atoms with van der Waals surface area (Å²) < 4.78 is 22.9. The second kappa shape index (κ2) is 8.62. The predicted octanol–water partition coefficient (Wildman–Crippen LogP) is 1.63. The summed E-state index contributed by atoms with van der Waals surface area (Å²) >= 11 is 0. The zero-order valence-corrected chi connectivity index (χ0v) is 15.5. The summed E-state index contributed by atoms with van der Waals surface area (Å²) in [5.74, 6) is -0.539. The number of sulfone groups is 1. The molecule has 26 heavy (non-hydrogen) atoms. The van der Waals surface area contributed by atoms with Crippen LogP contribution in [0.4, 0.5) is 0 Å². The number of amides is 2. The summed E-state index contributed by atoms with van der Waals surface area (Å²) in [6, 6.07) is 15.3. The van der Waals surface area contributed by atoms with Gasteiger partial charge in [-0.3, -0.25) is 9.59 Å². The minimum Gasteiger partial charge on any atom is -0.348 e. The third kappa shape index (κ3) is 6.00. The Kier molecular flexibility index (Phi) is 6.52. The highest BCUT2D eigenvalue weighted by molar-refractivity contribution is 7.90. The molecule has 0 aliphatic carbocycles. The molecule has 2 amide bonds. The summed E-state index contributed by atoms with van der Waals surface area (Å²) in [5.41, 5.74) is 1.66. The van der Waals surface area contributed by atoms with E-state index in [1.54, 1.807) is 19.1 Å². The highest BCUT2D eigenvalue weighted by Crippen LogP contribution is 2.16. The number of carbonyl (C=O) groups excluding carboxylic acids is 2. The summed E-state index contributed by atoms with van der Waals surface area (Å²) in [5, 5.41) is 5.36. The van der Waals surface area contributed by atoms with Gasteiger partial charge in [-0.15, -0.1) is 0 Å². The van der Waals surface area contributed by atoms with Crippen LogP contribution in [0.3, 0.4) is 0 Å². The number of nitrogens with one attached hydrogen (secondary N) is 2. The fourth-order valence-electron chi connectivity index (χ4n) is 2.40. The molecule has 138 valence electrons. The van der Waals surface area contributed by atoms with E-state index >= 15 is 0 Å².